The van der Waals surface area contributed by atoms with Gasteiger partial charge in [-0.1, -0.05) is 229 Å². The number of aliphatic carboxylic acids is 1. The number of para-hydroxylation sites is 1. The maximum absolute atomic E-state index is 12.6. The number of carboxylic acids is 1. The van der Waals surface area contributed by atoms with Crippen molar-refractivity contribution in [3.05, 3.63) is 162 Å². The quantitative estimate of drug-likeness (QED) is 0.00767. The van der Waals surface area contributed by atoms with E-state index in [2.05, 4.69) is 31.3 Å². The molecule has 2 aliphatic rings. The Morgan fingerprint density at radius 2 is 0.817 bits per heavy atom. The van der Waals surface area contributed by atoms with Crippen LogP contribution in [0.1, 0.15) is 233 Å². The number of halogens is 1. The molecule has 0 radical (unpaired) electrons. The Kier molecular flexibility index (Phi) is 60.2. The minimum Gasteiger partial charge on any atom is -0.481 e. The summed E-state index contributed by atoms with van der Waals surface area (Å²) < 4.78 is 12.6. The third-order valence-corrected chi connectivity index (χ3v) is 16.9. The molecule has 0 aliphatic carbocycles. The number of hydrogen-bond acceptors (Lipinski definition) is 16. The number of Topliss-reactive ketones (excluding diaryl/α,β-unsaturated/α-hetero) is 8. The molecule has 2 saturated heterocycles. The van der Waals surface area contributed by atoms with Gasteiger partial charge in [-0.3, -0.25) is 62.7 Å². The Bertz CT molecular complexity index is 3590. The van der Waals surface area contributed by atoms with E-state index in [-0.39, 0.29) is 136 Å². The number of nitrogen functional groups attached to an aromatic ring is 1. The van der Waals surface area contributed by atoms with Gasteiger partial charge in [0.1, 0.15) is 34.7 Å². The number of carbonyl (C=O) groups is 11. The number of nitrogens with two attached hydrogens (primary N) is 5. The first-order valence-corrected chi connectivity index (χ1v) is 40.2. The van der Waals surface area contributed by atoms with E-state index in [1.807, 2.05) is 203 Å². The first-order chi connectivity index (χ1) is 53.8. The lowest BCUT2D eigenvalue weighted by Crippen LogP contribution is -2.36. The number of carboxylic acid groups (broad SMARTS) is 1. The molecule has 2 fully saturated rings. The number of ketones is 8. The number of carbonyl (C=O) groups excluding carboxylic acids is 10. The van der Waals surface area contributed by atoms with Crippen LogP contribution in [0, 0.1) is 83.8 Å². The molecule has 640 valence electrons. The number of benzene rings is 5. The van der Waals surface area contributed by atoms with Gasteiger partial charge < -0.3 is 55.0 Å². The van der Waals surface area contributed by atoms with E-state index in [1.165, 1.54) is 17.7 Å². The Morgan fingerprint density at radius 3 is 1.22 bits per heavy atom. The van der Waals surface area contributed by atoms with Crippen molar-refractivity contribution in [1.29, 1.82) is 0 Å². The summed E-state index contributed by atoms with van der Waals surface area (Å²) in [6.07, 6.45) is 6.16. The average molecular weight is 1600 g/mol. The number of amides is 2. The number of nitrogens with one attached hydrogen (secondary N) is 4. The van der Waals surface area contributed by atoms with Gasteiger partial charge in [0.25, 0.3) is 0 Å². The van der Waals surface area contributed by atoms with Crippen LogP contribution >= 0.6 is 0 Å². The fourth-order valence-electron chi connectivity index (χ4n) is 9.66. The van der Waals surface area contributed by atoms with Gasteiger partial charge in [-0.05, 0) is 107 Å². The summed E-state index contributed by atoms with van der Waals surface area (Å²) in [5, 5.41) is 20.3. The summed E-state index contributed by atoms with van der Waals surface area (Å²) in [4.78, 5) is 130. The van der Waals surface area contributed by atoms with Gasteiger partial charge in [0.2, 0.25) is 11.8 Å². The number of aryl methyl sites for hydroxylation is 1. The zero-order valence-corrected chi connectivity index (χ0v) is 72.8. The van der Waals surface area contributed by atoms with Crippen LogP contribution in [0.3, 0.4) is 0 Å². The first kappa shape index (κ1) is 109. The zero-order valence-electron chi connectivity index (χ0n) is 72.8. The summed E-state index contributed by atoms with van der Waals surface area (Å²) in [5.74, 6) is 1.99. The Labute approximate surface area is 686 Å². The first-order valence-electron chi connectivity index (χ1n) is 40.2. The van der Waals surface area contributed by atoms with E-state index in [0.29, 0.717) is 66.1 Å². The molecule has 24 heteroatoms. The smallest absolute Gasteiger partial charge is 0.303 e. The molecular weight excluding hydrogens is 1460 g/mol. The van der Waals surface area contributed by atoms with Crippen molar-refractivity contribution in [3.8, 4) is 0 Å². The van der Waals surface area contributed by atoms with Gasteiger partial charge >= 0.3 is 5.97 Å². The minimum absolute atomic E-state index is 0.0161. The van der Waals surface area contributed by atoms with Gasteiger partial charge in [-0.25, -0.2) is 4.39 Å². The maximum Gasteiger partial charge on any atom is 0.303 e. The zero-order chi connectivity index (χ0) is 88.5. The van der Waals surface area contributed by atoms with Gasteiger partial charge in [0, 0.05) is 144 Å². The standard InChI is InChI=1S/C11H15NO.C10H11FO.2C10H13NO.C10H12O.2C9H17NO.C8H17N3O.C7H15N3O.C7H12O3/c1-8(2)11(13)12-10-6-4-9(3)5-7-10;2*1-7(2)10(12)8-4-3-5-9(11)6-8;1-8(2)10(12)11-9-6-4-3-5-7-9;1-8(2)10(11)9-6-4-3-5-7-9;1-7(2)9(11)8-3-5-10-6-4-8;1-7(2)9(11)8-4-3-5-10-6-8;1-6(2)7(12)4-3-5-11-8(9)10;1-5(2)6(11)3-4-10-7(8)9;1-5(2)6(8)3-4-7(9)10/h4-8H,1-3H3,(H,12,13);3-7H,1-2H3;3-7H,11H2,1-2H3;3-8H,1-2H3,(H,11,12);3-8H,1-2H3;2*7-8,10H,3-6H2,1-2H3;6H,3-5H2,1-2H3,(H4,9,10,11);5H,3-4H2,1-2H3,(H4,8,9,10);5H,3-4H2,1-2H3,(H,9,10). The molecule has 0 bridgehead atoms. The summed E-state index contributed by atoms with van der Waals surface area (Å²) in [5.41, 5.74) is 31.4. The molecule has 0 aromatic heterocycles. The van der Waals surface area contributed by atoms with E-state index in [0.717, 1.165) is 75.2 Å². The Morgan fingerprint density at radius 1 is 0.417 bits per heavy atom. The van der Waals surface area contributed by atoms with Crippen LogP contribution in [-0.2, 0) is 38.4 Å². The fourth-order valence-corrected chi connectivity index (χ4v) is 9.66. The molecule has 1 atom stereocenters. The molecule has 23 nitrogen and oxygen atoms in total. The Hall–Kier alpha value is -9.94. The largest absolute Gasteiger partial charge is 0.481 e. The molecule has 0 spiro atoms. The van der Waals surface area contributed by atoms with Crippen LogP contribution in [0.25, 0.3) is 0 Å². The summed E-state index contributed by atoms with van der Waals surface area (Å²) >= 11 is 0. The molecule has 7 rings (SSSR count). The molecule has 1 unspecified atom stereocenters. The van der Waals surface area contributed by atoms with Gasteiger partial charge in [0.05, 0.1) is 6.42 Å². The normalized spacial score (nSPS) is 12.5. The van der Waals surface area contributed by atoms with E-state index < -0.39 is 5.97 Å². The number of hydrogen-bond donors (Lipinski definition) is 10. The number of nitrogens with zero attached hydrogens (tertiary/aromatic N) is 2. The molecular formula is C91H142FN11O12. The van der Waals surface area contributed by atoms with E-state index >= 15 is 0 Å². The predicted molar refractivity (Wildman–Crippen MR) is 468 cm³/mol. The highest BCUT2D eigenvalue weighted by atomic mass is 19.1. The van der Waals surface area contributed by atoms with Crippen LogP contribution in [0.2, 0.25) is 0 Å². The third-order valence-electron chi connectivity index (χ3n) is 16.9. The monoisotopic (exact) mass is 1600 g/mol. The molecule has 2 aliphatic heterocycles. The van der Waals surface area contributed by atoms with Crippen LogP contribution in [0.4, 0.5) is 21.5 Å². The van der Waals surface area contributed by atoms with Crippen molar-refractivity contribution in [2.45, 2.75) is 203 Å². The molecule has 2 heterocycles. The van der Waals surface area contributed by atoms with E-state index in [4.69, 9.17) is 33.8 Å². The maximum atomic E-state index is 12.6. The molecule has 15 N–H and O–H groups in total. The number of rotatable bonds is 27. The van der Waals surface area contributed by atoms with Crippen molar-refractivity contribution in [2.75, 3.05) is 55.6 Å². The van der Waals surface area contributed by atoms with Crippen LogP contribution in [0.15, 0.2) is 143 Å². The van der Waals surface area contributed by atoms with Crippen LogP contribution in [-0.4, -0.2) is 120 Å². The molecule has 5 aromatic rings. The lowest BCUT2D eigenvalue weighted by atomic mass is 9.88. The van der Waals surface area contributed by atoms with Crippen molar-refractivity contribution < 1.29 is 62.2 Å². The Balaban J connectivity index is -0.00000121. The highest BCUT2D eigenvalue weighted by molar-refractivity contribution is 5.99. The summed E-state index contributed by atoms with van der Waals surface area (Å²) in [6, 6.07) is 39.5. The molecule has 2 amide bonds. The predicted octanol–water partition coefficient (Wildman–Crippen LogP) is 15.8. The van der Waals surface area contributed by atoms with Crippen molar-refractivity contribution >= 4 is 93.0 Å². The van der Waals surface area contributed by atoms with Crippen molar-refractivity contribution in [1.82, 2.24) is 10.6 Å². The molecule has 115 heavy (non-hydrogen) atoms. The van der Waals surface area contributed by atoms with Gasteiger partial charge in [-0.15, -0.1) is 0 Å². The van der Waals surface area contributed by atoms with Crippen LogP contribution < -0.4 is 49.9 Å². The van der Waals surface area contributed by atoms with E-state index in [9.17, 15) is 57.1 Å². The SMILES string of the molecule is CC(C)C(=O)C1CCCNC1.CC(C)C(=O)C1CCNCC1.CC(C)C(=O)CCC(=O)O.CC(C)C(=O)CCCN=C(N)N.CC(C)C(=O)CCN=C(N)N.CC(C)C(=O)Nc1ccccc1.CC(C)C(=O)c1cccc(F)c1.CC(C)C(=O)c1cccc(N)c1.CC(C)C(=O)c1ccccc1.Cc1ccc(NC(=O)C(C)C)cc1. The topological polar surface area (TPSA) is 411 Å². The number of aliphatic imine (C=N–C) groups is 2. The lowest BCUT2D eigenvalue weighted by Gasteiger charge is -2.22. The lowest BCUT2D eigenvalue weighted by molar-refractivity contribution is -0.139. The van der Waals surface area contributed by atoms with Crippen LogP contribution in [0.5, 0.6) is 0 Å². The fraction of sp³-hybridized carbons (Fsp3) is 0.527. The van der Waals surface area contributed by atoms with Gasteiger partial charge in [-0.2, -0.15) is 0 Å². The summed E-state index contributed by atoms with van der Waals surface area (Å²) in [6.45, 7) is 44.7. The minimum atomic E-state index is -0.908. The van der Waals surface area contributed by atoms with Crippen molar-refractivity contribution in [3.63, 3.8) is 0 Å². The number of piperidine rings is 2. The average Bonchev–Trinajstić information content (AvgIpc) is 0.894. The highest BCUT2D eigenvalue weighted by Crippen LogP contribution is 2.19. The van der Waals surface area contributed by atoms with Gasteiger partial charge in [0.15, 0.2) is 29.3 Å². The second kappa shape index (κ2) is 63.4. The number of anilines is 3. The second-order valence-electron chi connectivity index (χ2n) is 31.0. The molecule has 0 saturated carbocycles. The second-order valence-corrected chi connectivity index (χ2v) is 31.0. The molecule has 5 aromatic carbocycles. The number of guanidine groups is 2. The van der Waals surface area contributed by atoms with E-state index in [1.54, 1.807) is 64.1 Å². The summed E-state index contributed by atoms with van der Waals surface area (Å²) in [7, 11) is 0. The highest BCUT2D eigenvalue weighted by Gasteiger charge is 2.24. The third kappa shape index (κ3) is 56.9. The van der Waals surface area contributed by atoms with Crippen molar-refractivity contribution in [2.24, 2.45) is 104 Å².